The van der Waals surface area contributed by atoms with Crippen molar-refractivity contribution < 1.29 is 22.3 Å². The van der Waals surface area contributed by atoms with E-state index in [-0.39, 0.29) is 28.8 Å². The lowest BCUT2D eigenvalue weighted by Crippen LogP contribution is -2.22. The van der Waals surface area contributed by atoms with Crippen LogP contribution in [0.2, 0.25) is 0 Å². The van der Waals surface area contributed by atoms with Crippen LogP contribution in [0, 0.1) is 36.1 Å². The van der Waals surface area contributed by atoms with E-state index in [0.717, 1.165) is 11.6 Å². The summed E-state index contributed by atoms with van der Waals surface area (Å²) >= 11 is 0. The number of halogens is 4. The zero-order chi connectivity index (χ0) is 23.9. The van der Waals surface area contributed by atoms with Crippen LogP contribution in [-0.4, -0.2) is 12.9 Å². The Balaban J connectivity index is 1.74. The number of ether oxygens (including phenoxy) is 1. The highest BCUT2D eigenvalue weighted by molar-refractivity contribution is 6.00. The van der Waals surface area contributed by atoms with Gasteiger partial charge >= 0.3 is 0 Å². The molecule has 7 heteroatoms. The van der Waals surface area contributed by atoms with Crippen LogP contribution in [-0.2, 0) is 0 Å². The first-order chi connectivity index (χ1) is 15.7. The molecule has 3 nitrogen and oxygen atoms in total. The molecule has 33 heavy (non-hydrogen) atoms. The molecule has 1 aliphatic heterocycles. The first kappa shape index (κ1) is 22.6. The normalized spacial score (nSPS) is 12.9. The zero-order valence-electron chi connectivity index (χ0n) is 18.6. The Morgan fingerprint density at radius 1 is 0.909 bits per heavy atom. The van der Waals surface area contributed by atoms with E-state index in [9.17, 15) is 13.2 Å². The molecule has 0 saturated heterocycles. The minimum Gasteiger partial charge on any atom is -0.436 e. The second-order valence-electron chi connectivity index (χ2n) is 8.16. The Morgan fingerprint density at radius 3 is 2.30 bits per heavy atom. The molecule has 0 amide bonds. The summed E-state index contributed by atoms with van der Waals surface area (Å²) in [4.78, 5) is 5.24. The zero-order valence-corrected chi connectivity index (χ0v) is 18.6. The minimum atomic E-state index is -0.939. The summed E-state index contributed by atoms with van der Waals surface area (Å²) in [6, 6.07) is 10.8. The fourth-order valence-corrected chi connectivity index (χ4v) is 3.65. The third kappa shape index (κ3) is 4.23. The lowest BCUT2D eigenvalue weighted by molar-refractivity contribution is 0.475. The van der Waals surface area contributed by atoms with Gasteiger partial charge in [0.15, 0.2) is 11.6 Å². The van der Waals surface area contributed by atoms with Crippen molar-refractivity contribution in [2.24, 2.45) is 10.9 Å². The summed E-state index contributed by atoms with van der Waals surface area (Å²) in [5.74, 6) is -2.61. The monoisotopic (exact) mass is 454 g/mol. The standard InChI is InChI=1S/C26H22F4N2O/c1-14(2)19-13-31-26(19)33-23-9-8-20(28)25(24(23)30)32(4)22-12-17(11-21(29)15(22)3)16-6-5-7-18(27)10-16/h5-14H,1-4H3. The molecule has 4 rings (SSSR count). The summed E-state index contributed by atoms with van der Waals surface area (Å²) in [5.41, 5.74) is 1.67. The van der Waals surface area contributed by atoms with Crippen LogP contribution in [0.25, 0.3) is 11.1 Å². The van der Waals surface area contributed by atoms with Crippen molar-refractivity contribution in [3.8, 4) is 16.9 Å². The number of anilines is 2. The van der Waals surface area contributed by atoms with Crippen LogP contribution < -0.4 is 9.64 Å². The summed E-state index contributed by atoms with van der Waals surface area (Å²) in [5, 5.41) is 0. The maximum Gasteiger partial charge on any atom is 0.224 e. The van der Waals surface area contributed by atoms with Gasteiger partial charge in [-0.05, 0) is 60.4 Å². The molecule has 0 atom stereocenters. The van der Waals surface area contributed by atoms with E-state index in [1.807, 2.05) is 13.8 Å². The molecule has 0 radical (unpaired) electrons. The highest BCUT2D eigenvalue weighted by atomic mass is 19.1. The largest absolute Gasteiger partial charge is 0.436 e. The molecule has 170 valence electrons. The Bertz CT molecular complexity index is 1300. The van der Waals surface area contributed by atoms with E-state index in [2.05, 4.69) is 4.99 Å². The number of hydrogen-bond donors (Lipinski definition) is 0. The molecule has 0 N–H and O–H groups in total. The van der Waals surface area contributed by atoms with Gasteiger partial charge in [-0.25, -0.2) is 22.6 Å². The van der Waals surface area contributed by atoms with Crippen LogP contribution in [0.1, 0.15) is 19.4 Å². The van der Waals surface area contributed by atoms with Gasteiger partial charge in [0.25, 0.3) is 0 Å². The molecule has 0 aromatic heterocycles. The van der Waals surface area contributed by atoms with Crippen molar-refractivity contribution in [1.29, 1.82) is 0 Å². The molecule has 1 heterocycles. The average molecular weight is 454 g/mol. The Kier molecular flexibility index (Phi) is 5.97. The molecule has 0 unspecified atom stereocenters. The van der Waals surface area contributed by atoms with Gasteiger partial charge in [-0.1, -0.05) is 26.0 Å². The van der Waals surface area contributed by atoms with E-state index in [1.54, 1.807) is 18.3 Å². The van der Waals surface area contributed by atoms with E-state index in [1.165, 1.54) is 49.2 Å². The molecular weight excluding hydrogens is 432 g/mol. The van der Waals surface area contributed by atoms with Crippen LogP contribution in [0.3, 0.4) is 0 Å². The molecular formula is C26H22F4N2O. The van der Waals surface area contributed by atoms with Gasteiger partial charge in [0.2, 0.25) is 5.90 Å². The van der Waals surface area contributed by atoms with Crippen LogP contribution in [0.5, 0.6) is 5.75 Å². The summed E-state index contributed by atoms with van der Waals surface area (Å²) in [7, 11) is 1.43. The molecule has 1 aliphatic rings. The molecule has 0 bridgehead atoms. The van der Waals surface area contributed by atoms with Gasteiger partial charge in [0.1, 0.15) is 23.1 Å². The first-order valence-corrected chi connectivity index (χ1v) is 10.4. The highest BCUT2D eigenvalue weighted by Gasteiger charge is 2.25. The Labute approximate surface area is 189 Å². The Morgan fingerprint density at radius 2 is 1.67 bits per heavy atom. The van der Waals surface area contributed by atoms with Crippen molar-refractivity contribution in [2.45, 2.75) is 20.8 Å². The van der Waals surface area contributed by atoms with Crippen LogP contribution in [0.15, 0.2) is 65.3 Å². The fourth-order valence-electron chi connectivity index (χ4n) is 3.65. The van der Waals surface area contributed by atoms with Gasteiger partial charge in [-0.15, -0.1) is 0 Å². The molecule has 3 aromatic rings. The molecule has 0 aliphatic carbocycles. The van der Waals surface area contributed by atoms with Crippen LogP contribution >= 0.6 is 0 Å². The highest BCUT2D eigenvalue weighted by Crippen LogP contribution is 2.38. The van der Waals surface area contributed by atoms with Crippen molar-refractivity contribution in [2.75, 3.05) is 11.9 Å². The van der Waals surface area contributed by atoms with Gasteiger partial charge < -0.3 is 9.64 Å². The van der Waals surface area contributed by atoms with Gasteiger partial charge in [-0.3, -0.25) is 0 Å². The molecule has 0 fully saturated rings. The number of benzene rings is 3. The van der Waals surface area contributed by atoms with Crippen molar-refractivity contribution in [3.63, 3.8) is 0 Å². The topological polar surface area (TPSA) is 24.8 Å². The average Bonchev–Trinajstić information content (AvgIpc) is 2.73. The quantitative estimate of drug-likeness (QED) is 0.378. The van der Waals surface area contributed by atoms with E-state index in [4.69, 9.17) is 4.74 Å². The van der Waals surface area contributed by atoms with Crippen molar-refractivity contribution in [1.82, 2.24) is 0 Å². The van der Waals surface area contributed by atoms with E-state index >= 15 is 4.39 Å². The van der Waals surface area contributed by atoms with Crippen LogP contribution in [0.4, 0.5) is 28.9 Å². The summed E-state index contributed by atoms with van der Waals surface area (Å²) in [6.45, 7) is 5.41. The fraction of sp³-hybridized carbons (Fsp3) is 0.192. The predicted octanol–water partition coefficient (Wildman–Crippen LogP) is 7.32. The predicted molar refractivity (Wildman–Crippen MR) is 122 cm³/mol. The summed E-state index contributed by atoms with van der Waals surface area (Å²) in [6.07, 6.45) is 1.64. The first-order valence-electron chi connectivity index (χ1n) is 10.4. The lowest BCUT2D eigenvalue weighted by atomic mass is 10.0. The second kappa shape index (κ2) is 8.73. The number of aliphatic imine (C=N–C) groups is 1. The van der Waals surface area contributed by atoms with Gasteiger partial charge in [0.05, 0.1) is 0 Å². The summed E-state index contributed by atoms with van der Waals surface area (Å²) < 4.78 is 64.3. The maximum atomic E-state index is 15.4. The van der Waals surface area contributed by atoms with Crippen molar-refractivity contribution >= 4 is 17.3 Å². The molecule has 0 spiro atoms. The number of nitrogens with zero attached hydrogens (tertiary/aromatic N) is 2. The van der Waals surface area contributed by atoms with Gasteiger partial charge in [0, 0.05) is 30.1 Å². The second-order valence-corrected chi connectivity index (χ2v) is 8.16. The number of rotatable bonds is 5. The Hall–Kier alpha value is -3.61. The van der Waals surface area contributed by atoms with Crippen molar-refractivity contribution in [3.05, 3.63) is 89.1 Å². The van der Waals surface area contributed by atoms with E-state index < -0.39 is 29.0 Å². The number of hydrogen-bond acceptors (Lipinski definition) is 3. The smallest absolute Gasteiger partial charge is 0.224 e. The third-order valence-corrected chi connectivity index (χ3v) is 5.60. The third-order valence-electron chi connectivity index (χ3n) is 5.60. The minimum absolute atomic E-state index is 0.138. The SMILES string of the molecule is Cc1c(F)cc(-c2cccc(F)c2)cc1N(C)c1c(F)ccc(OC2=NC=C2C(C)C)c1F. The van der Waals surface area contributed by atoms with Gasteiger partial charge in [-0.2, -0.15) is 0 Å². The molecule has 3 aromatic carbocycles. The molecule has 0 saturated carbocycles. The maximum absolute atomic E-state index is 15.4. The van der Waals surface area contributed by atoms with E-state index in [0.29, 0.717) is 11.1 Å². The lowest BCUT2D eigenvalue weighted by Gasteiger charge is -2.25.